The molecule has 0 unspecified atom stereocenters. The van der Waals surface area contributed by atoms with E-state index in [1.807, 2.05) is 37.3 Å². The fourth-order valence-electron chi connectivity index (χ4n) is 3.49. The zero-order valence-electron chi connectivity index (χ0n) is 18.1. The zero-order valence-corrected chi connectivity index (χ0v) is 18.1. The molecule has 0 fully saturated rings. The highest BCUT2D eigenvalue weighted by Crippen LogP contribution is 2.25. The standard InChI is InChI=1S/C23H24N4O5/c1-4-32-23(29)21(24-22(28)18-11-8-12-19(13-18)27(30)31)20-15(2)25-26(16(20)3)14-17-9-6-5-7-10-17/h5-13,21H,4,14H2,1-3H3,(H,24,28)/t21-/m1/s1. The molecule has 0 radical (unpaired) electrons. The molecule has 3 aromatic rings. The topological polar surface area (TPSA) is 116 Å². The molecule has 0 bridgehead atoms. The Bertz CT molecular complexity index is 1140. The number of esters is 1. The summed E-state index contributed by atoms with van der Waals surface area (Å²) in [6.07, 6.45) is 0. The number of benzene rings is 2. The van der Waals surface area contributed by atoms with Gasteiger partial charge in [0, 0.05) is 29.0 Å². The van der Waals surface area contributed by atoms with E-state index in [2.05, 4.69) is 10.4 Å². The van der Waals surface area contributed by atoms with E-state index in [4.69, 9.17) is 4.74 Å². The van der Waals surface area contributed by atoms with Gasteiger partial charge >= 0.3 is 5.97 Å². The molecule has 9 nitrogen and oxygen atoms in total. The number of hydrogen-bond donors (Lipinski definition) is 1. The Labute approximate surface area is 185 Å². The Morgan fingerprint density at radius 3 is 2.53 bits per heavy atom. The second-order valence-electron chi connectivity index (χ2n) is 7.19. The van der Waals surface area contributed by atoms with Crippen molar-refractivity contribution in [1.29, 1.82) is 0 Å². The van der Waals surface area contributed by atoms with Gasteiger partial charge in [-0.05, 0) is 32.4 Å². The van der Waals surface area contributed by atoms with Gasteiger partial charge in [0.25, 0.3) is 11.6 Å². The van der Waals surface area contributed by atoms with Crippen molar-refractivity contribution in [2.45, 2.75) is 33.4 Å². The van der Waals surface area contributed by atoms with E-state index in [-0.39, 0.29) is 17.9 Å². The van der Waals surface area contributed by atoms with Gasteiger partial charge in [-0.15, -0.1) is 0 Å². The number of rotatable bonds is 8. The van der Waals surface area contributed by atoms with E-state index in [0.29, 0.717) is 23.5 Å². The summed E-state index contributed by atoms with van der Waals surface area (Å²) in [4.78, 5) is 36.1. The van der Waals surface area contributed by atoms with E-state index in [1.165, 1.54) is 18.2 Å². The molecule has 2 aromatic carbocycles. The molecule has 0 aliphatic heterocycles. The van der Waals surface area contributed by atoms with Crippen LogP contribution >= 0.6 is 0 Å². The summed E-state index contributed by atoms with van der Waals surface area (Å²) in [5.41, 5.74) is 2.73. The van der Waals surface area contributed by atoms with Crippen LogP contribution in [0, 0.1) is 24.0 Å². The summed E-state index contributed by atoms with van der Waals surface area (Å²) < 4.78 is 6.97. The zero-order chi connectivity index (χ0) is 23.3. The number of carbonyl (C=O) groups excluding carboxylic acids is 2. The molecule has 0 saturated carbocycles. The van der Waals surface area contributed by atoms with Crippen molar-refractivity contribution in [3.8, 4) is 0 Å². The smallest absolute Gasteiger partial charge is 0.333 e. The average Bonchev–Trinajstić information content (AvgIpc) is 3.05. The fourth-order valence-corrected chi connectivity index (χ4v) is 3.49. The van der Waals surface area contributed by atoms with E-state index >= 15 is 0 Å². The van der Waals surface area contributed by atoms with Crippen LogP contribution in [0.2, 0.25) is 0 Å². The largest absolute Gasteiger partial charge is 0.464 e. The minimum Gasteiger partial charge on any atom is -0.464 e. The second kappa shape index (κ2) is 9.86. The molecule has 0 aliphatic rings. The Kier molecular flexibility index (Phi) is 6.99. The first kappa shape index (κ1) is 22.7. The van der Waals surface area contributed by atoms with E-state index < -0.39 is 22.8 Å². The van der Waals surface area contributed by atoms with Crippen molar-refractivity contribution >= 4 is 17.6 Å². The normalized spacial score (nSPS) is 11.6. The highest BCUT2D eigenvalue weighted by Gasteiger charge is 2.30. The van der Waals surface area contributed by atoms with Gasteiger partial charge in [0.2, 0.25) is 0 Å². The van der Waals surface area contributed by atoms with Crippen LogP contribution in [0.5, 0.6) is 0 Å². The number of amides is 1. The summed E-state index contributed by atoms with van der Waals surface area (Å²) in [6.45, 7) is 5.90. The third kappa shape index (κ3) is 5.00. The number of nitro benzene ring substituents is 1. The van der Waals surface area contributed by atoms with Crippen molar-refractivity contribution in [3.63, 3.8) is 0 Å². The van der Waals surface area contributed by atoms with Crippen molar-refractivity contribution < 1.29 is 19.2 Å². The van der Waals surface area contributed by atoms with Crippen LogP contribution in [-0.2, 0) is 16.1 Å². The maximum atomic E-state index is 12.9. The lowest BCUT2D eigenvalue weighted by Gasteiger charge is -2.18. The number of non-ortho nitro benzene ring substituents is 1. The van der Waals surface area contributed by atoms with Crippen molar-refractivity contribution in [2.75, 3.05) is 6.61 Å². The van der Waals surface area contributed by atoms with Crippen molar-refractivity contribution in [3.05, 3.63) is 92.8 Å². The summed E-state index contributed by atoms with van der Waals surface area (Å²) in [7, 11) is 0. The predicted molar refractivity (Wildman–Crippen MR) is 117 cm³/mol. The van der Waals surface area contributed by atoms with Gasteiger partial charge in [0.05, 0.1) is 23.8 Å². The van der Waals surface area contributed by atoms with Gasteiger partial charge in [-0.25, -0.2) is 4.79 Å². The first-order chi connectivity index (χ1) is 15.3. The summed E-state index contributed by atoms with van der Waals surface area (Å²) in [6, 6.07) is 14.0. The predicted octanol–water partition coefficient (Wildman–Crippen LogP) is 3.49. The Morgan fingerprint density at radius 1 is 1.16 bits per heavy atom. The quantitative estimate of drug-likeness (QED) is 0.328. The number of ether oxygens (including phenoxy) is 1. The van der Waals surface area contributed by atoms with Gasteiger partial charge in [-0.2, -0.15) is 5.10 Å². The van der Waals surface area contributed by atoms with Gasteiger partial charge in [-0.3, -0.25) is 19.6 Å². The number of nitrogens with zero attached hydrogens (tertiary/aromatic N) is 3. The van der Waals surface area contributed by atoms with Crippen LogP contribution in [0.15, 0.2) is 54.6 Å². The molecule has 1 atom stereocenters. The first-order valence-electron chi connectivity index (χ1n) is 10.1. The molecule has 1 N–H and O–H groups in total. The Balaban J connectivity index is 1.94. The highest BCUT2D eigenvalue weighted by atomic mass is 16.6. The monoisotopic (exact) mass is 436 g/mol. The maximum Gasteiger partial charge on any atom is 0.333 e. The average molecular weight is 436 g/mol. The van der Waals surface area contributed by atoms with E-state index in [9.17, 15) is 19.7 Å². The molecule has 3 rings (SSSR count). The number of aryl methyl sites for hydroxylation is 1. The molecule has 0 saturated heterocycles. The second-order valence-corrected chi connectivity index (χ2v) is 7.19. The molecule has 1 amide bonds. The summed E-state index contributed by atoms with van der Waals surface area (Å²) in [5, 5.41) is 18.3. The van der Waals surface area contributed by atoms with Gasteiger partial charge in [0.1, 0.15) is 0 Å². The molecule has 9 heteroatoms. The van der Waals surface area contributed by atoms with Crippen LogP contribution in [0.4, 0.5) is 5.69 Å². The van der Waals surface area contributed by atoms with Crippen LogP contribution in [-0.4, -0.2) is 33.2 Å². The van der Waals surface area contributed by atoms with Gasteiger partial charge in [-0.1, -0.05) is 36.4 Å². The Morgan fingerprint density at radius 2 is 1.88 bits per heavy atom. The lowest BCUT2D eigenvalue weighted by molar-refractivity contribution is -0.384. The number of aromatic nitrogens is 2. The third-order valence-electron chi connectivity index (χ3n) is 5.02. The maximum absolute atomic E-state index is 12.9. The molecule has 166 valence electrons. The molecular weight excluding hydrogens is 412 g/mol. The minimum absolute atomic E-state index is 0.0699. The first-order valence-corrected chi connectivity index (χ1v) is 10.1. The van der Waals surface area contributed by atoms with Crippen molar-refractivity contribution in [2.24, 2.45) is 0 Å². The van der Waals surface area contributed by atoms with Gasteiger partial charge < -0.3 is 10.1 Å². The lowest BCUT2D eigenvalue weighted by atomic mass is 10.0. The Hall–Kier alpha value is -4.01. The highest BCUT2D eigenvalue weighted by molar-refractivity contribution is 5.97. The molecule has 32 heavy (non-hydrogen) atoms. The summed E-state index contributed by atoms with van der Waals surface area (Å²) >= 11 is 0. The molecule has 1 aromatic heterocycles. The van der Waals surface area contributed by atoms with Crippen LogP contribution in [0.1, 0.15) is 45.8 Å². The van der Waals surface area contributed by atoms with Crippen LogP contribution < -0.4 is 5.32 Å². The van der Waals surface area contributed by atoms with E-state index in [0.717, 1.165) is 11.6 Å². The molecule has 1 heterocycles. The van der Waals surface area contributed by atoms with E-state index in [1.54, 1.807) is 18.5 Å². The number of nitrogens with one attached hydrogen (secondary N) is 1. The molecular formula is C23H24N4O5. The third-order valence-corrected chi connectivity index (χ3v) is 5.02. The molecule has 0 spiro atoms. The van der Waals surface area contributed by atoms with Crippen LogP contribution in [0.25, 0.3) is 0 Å². The lowest BCUT2D eigenvalue weighted by Crippen LogP contribution is -2.35. The number of hydrogen-bond acceptors (Lipinski definition) is 6. The van der Waals surface area contributed by atoms with Gasteiger partial charge in [0.15, 0.2) is 6.04 Å². The minimum atomic E-state index is -1.11. The molecule has 0 aliphatic carbocycles. The SMILES string of the molecule is CCOC(=O)[C@H](NC(=O)c1cccc([N+](=O)[O-])c1)c1c(C)nn(Cc2ccccc2)c1C. The van der Waals surface area contributed by atoms with Crippen molar-refractivity contribution in [1.82, 2.24) is 15.1 Å². The van der Waals surface area contributed by atoms with Crippen LogP contribution in [0.3, 0.4) is 0 Å². The fraction of sp³-hybridized carbons (Fsp3) is 0.261. The summed E-state index contributed by atoms with van der Waals surface area (Å²) in [5.74, 6) is -1.25. The number of carbonyl (C=O) groups is 2. The number of nitro groups is 1.